The summed E-state index contributed by atoms with van der Waals surface area (Å²) in [5.74, 6) is 1.59. The fourth-order valence-corrected chi connectivity index (χ4v) is 13.8. The molecule has 0 radical (unpaired) electrons. The average Bonchev–Trinajstić information content (AvgIpc) is 4.46. The summed E-state index contributed by atoms with van der Waals surface area (Å²) in [6.45, 7) is 0. The molecule has 16 aromatic rings. The molecule has 0 aliphatic carbocycles. The first-order valence-corrected chi connectivity index (χ1v) is 27.3. The molecule has 5 aromatic heterocycles. The van der Waals surface area contributed by atoms with Gasteiger partial charge in [0.05, 0.1) is 5.69 Å². The smallest absolute Gasteiger partial charge is 0.164 e. The first-order valence-electron chi connectivity index (χ1n) is 25.6. The van der Waals surface area contributed by atoms with Crippen molar-refractivity contribution in [2.45, 2.75) is 0 Å². The quantitative estimate of drug-likeness (QED) is 0.151. The number of anilines is 3. The van der Waals surface area contributed by atoms with E-state index in [-0.39, 0.29) is 0 Å². The van der Waals surface area contributed by atoms with E-state index in [2.05, 4.69) is 199 Å². The Bertz CT molecular complexity index is 4810. The predicted octanol–water partition coefficient (Wildman–Crippen LogP) is 20.2. The molecule has 0 atom stereocenters. The van der Waals surface area contributed by atoms with Crippen LogP contribution in [0.4, 0.5) is 17.1 Å². The fraction of sp³-hybridized carbons (Fsp3) is 0. The number of thiophene rings is 2. The van der Waals surface area contributed by atoms with Gasteiger partial charge < -0.3 is 13.7 Å². The molecule has 0 spiro atoms. The third-order valence-electron chi connectivity index (χ3n) is 14.9. The van der Waals surface area contributed by atoms with Crippen LogP contribution in [0.5, 0.6) is 0 Å². The van der Waals surface area contributed by atoms with E-state index < -0.39 is 0 Å². The van der Waals surface area contributed by atoms with E-state index in [4.69, 9.17) is 23.8 Å². The van der Waals surface area contributed by atoms with Crippen molar-refractivity contribution in [3.05, 3.63) is 243 Å². The minimum atomic E-state index is 0.527. The van der Waals surface area contributed by atoms with Crippen LogP contribution in [0.3, 0.4) is 0 Å². The highest BCUT2D eigenvalue weighted by molar-refractivity contribution is 7.29. The molecule has 0 N–H and O–H groups in total. The molecular weight excluding hydrogens is 981 g/mol. The lowest BCUT2D eigenvalue weighted by molar-refractivity contribution is 0.668. The van der Waals surface area contributed by atoms with E-state index in [9.17, 15) is 0 Å². The molecule has 6 nitrogen and oxygen atoms in total. The highest BCUT2D eigenvalue weighted by Gasteiger charge is 2.26. The summed E-state index contributed by atoms with van der Waals surface area (Å²) >= 11 is 3.75. The summed E-state index contributed by atoms with van der Waals surface area (Å²) in [5.41, 5.74) is 12.9. The van der Waals surface area contributed by atoms with Crippen LogP contribution in [0.2, 0.25) is 0 Å². The zero-order valence-corrected chi connectivity index (χ0v) is 42.6. The van der Waals surface area contributed by atoms with Crippen molar-refractivity contribution in [2.75, 3.05) is 4.90 Å². The van der Waals surface area contributed by atoms with Gasteiger partial charge >= 0.3 is 0 Å². The standard InChI is InChI=1S/C69H40N4O2S2/c1-4-16-41(17-5-1)55-36-45(69-71-67(43-28-31-50-48-22-10-13-25-57(48)74-59(50)38-43)70-68(72-69)44-29-32-51-49-23-11-14-26-58(49)75-60(51)39-44)37-56(42-18-6-2-7-19-42)65(55)73(46-20-8-3-9-21-46)47-30-33-52-53-34-35-62-64(66(53)77-63(52)40-47)54-24-12-15-27-61(54)76-62/h1-40H. The third kappa shape index (κ3) is 7.18. The highest BCUT2D eigenvalue weighted by Crippen LogP contribution is 2.51. The molecule has 0 unspecified atom stereocenters. The first-order chi connectivity index (χ1) is 38.1. The van der Waals surface area contributed by atoms with Gasteiger partial charge in [-0.2, -0.15) is 0 Å². The molecule has 8 heteroatoms. The SMILES string of the molecule is c1ccc(-c2cc(-c3nc(-c4ccc5c(c4)oc4ccccc45)nc(-c4ccc5c(c4)oc4ccccc45)n3)cc(-c3ccccc3)c2N(c2ccccc2)c2ccc3c(c2)sc2c3ccc3sc4ccccc4c32)cc1. The van der Waals surface area contributed by atoms with Crippen LogP contribution in [-0.2, 0) is 0 Å². The molecule has 0 saturated heterocycles. The largest absolute Gasteiger partial charge is 0.456 e. The van der Waals surface area contributed by atoms with Crippen LogP contribution in [-0.4, -0.2) is 15.0 Å². The van der Waals surface area contributed by atoms with Crippen molar-refractivity contribution in [3.8, 4) is 56.4 Å². The molecule has 0 saturated carbocycles. The van der Waals surface area contributed by atoms with E-state index in [1.165, 1.54) is 40.3 Å². The van der Waals surface area contributed by atoms with Gasteiger partial charge in [0.2, 0.25) is 0 Å². The van der Waals surface area contributed by atoms with Gasteiger partial charge in [-0.15, -0.1) is 22.7 Å². The van der Waals surface area contributed by atoms with Crippen molar-refractivity contribution < 1.29 is 8.83 Å². The molecule has 360 valence electrons. The number of hydrogen-bond donors (Lipinski definition) is 0. The van der Waals surface area contributed by atoms with Gasteiger partial charge in [-0.3, -0.25) is 0 Å². The summed E-state index contributed by atoms with van der Waals surface area (Å²) in [7, 11) is 0. The Labute approximate surface area is 449 Å². The van der Waals surface area contributed by atoms with Crippen LogP contribution in [0.15, 0.2) is 251 Å². The van der Waals surface area contributed by atoms with Gasteiger partial charge in [-0.05, 0) is 96.1 Å². The lowest BCUT2D eigenvalue weighted by atomic mass is 9.91. The average molecular weight is 1020 g/mol. The lowest BCUT2D eigenvalue weighted by Crippen LogP contribution is -2.13. The topological polar surface area (TPSA) is 68.2 Å². The second kappa shape index (κ2) is 17.4. The van der Waals surface area contributed by atoms with Crippen molar-refractivity contribution in [1.82, 2.24) is 15.0 Å². The summed E-state index contributed by atoms with van der Waals surface area (Å²) in [6.07, 6.45) is 0. The molecule has 16 rings (SSSR count). The van der Waals surface area contributed by atoms with Crippen molar-refractivity contribution in [2.24, 2.45) is 0 Å². The fourth-order valence-electron chi connectivity index (χ4n) is 11.3. The zero-order chi connectivity index (χ0) is 50.6. The van der Waals surface area contributed by atoms with Crippen LogP contribution >= 0.6 is 22.7 Å². The number of para-hydroxylation sites is 3. The molecular formula is C69H40N4O2S2. The number of benzene rings is 11. The molecule has 77 heavy (non-hydrogen) atoms. The van der Waals surface area contributed by atoms with E-state index in [1.807, 2.05) is 71.2 Å². The van der Waals surface area contributed by atoms with Crippen LogP contribution in [0, 0.1) is 0 Å². The molecule has 0 bridgehead atoms. The van der Waals surface area contributed by atoms with Gasteiger partial charge in [0, 0.05) is 101 Å². The maximum absolute atomic E-state index is 6.44. The van der Waals surface area contributed by atoms with Gasteiger partial charge in [-0.25, -0.2) is 15.0 Å². The number of aromatic nitrogens is 3. The number of rotatable bonds is 8. The molecule has 11 aromatic carbocycles. The Morgan fingerprint density at radius 2 is 0.792 bits per heavy atom. The Balaban J connectivity index is 0.945. The Morgan fingerprint density at radius 3 is 1.40 bits per heavy atom. The Hall–Kier alpha value is -9.73. The second-order valence-electron chi connectivity index (χ2n) is 19.4. The van der Waals surface area contributed by atoms with Crippen LogP contribution in [0.25, 0.3) is 141 Å². The highest BCUT2D eigenvalue weighted by atomic mass is 32.1. The number of furan rings is 2. The normalized spacial score (nSPS) is 11.9. The van der Waals surface area contributed by atoms with Crippen molar-refractivity contribution in [1.29, 1.82) is 0 Å². The molecule has 0 fully saturated rings. The number of nitrogens with zero attached hydrogens (tertiary/aromatic N) is 4. The van der Waals surface area contributed by atoms with Crippen molar-refractivity contribution >= 4 is 124 Å². The molecule has 0 aliphatic heterocycles. The Kier molecular flexibility index (Phi) is 9.88. The summed E-state index contributed by atoms with van der Waals surface area (Å²) in [5, 5.41) is 9.38. The summed E-state index contributed by atoms with van der Waals surface area (Å²) in [6, 6.07) is 85.8. The van der Waals surface area contributed by atoms with Gasteiger partial charge in [-0.1, -0.05) is 158 Å². The minimum Gasteiger partial charge on any atom is -0.456 e. The summed E-state index contributed by atoms with van der Waals surface area (Å²) in [4.78, 5) is 18.5. The van der Waals surface area contributed by atoms with E-state index >= 15 is 0 Å². The number of hydrogen-bond acceptors (Lipinski definition) is 8. The van der Waals surface area contributed by atoms with Crippen LogP contribution < -0.4 is 4.90 Å². The molecule has 5 heterocycles. The van der Waals surface area contributed by atoms with Gasteiger partial charge in [0.25, 0.3) is 0 Å². The van der Waals surface area contributed by atoms with Gasteiger partial charge in [0.15, 0.2) is 17.5 Å². The Morgan fingerprint density at radius 1 is 0.299 bits per heavy atom. The molecule has 0 aliphatic rings. The first kappa shape index (κ1) is 43.6. The van der Waals surface area contributed by atoms with E-state index in [0.29, 0.717) is 17.5 Å². The van der Waals surface area contributed by atoms with Crippen LogP contribution in [0.1, 0.15) is 0 Å². The number of fused-ring (bicyclic) bond motifs is 13. The maximum atomic E-state index is 6.44. The maximum Gasteiger partial charge on any atom is 0.164 e. The van der Waals surface area contributed by atoms with E-state index in [1.54, 1.807) is 0 Å². The van der Waals surface area contributed by atoms with E-state index in [0.717, 1.165) is 99.9 Å². The lowest BCUT2D eigenvalue weighted by Gasteiger charge is -2.31. The zero-order valence-electron chi connectivity index (χ0n) is 41.0. The minimum absolute atomic E-state index is 0.527. The third-order valence-corrected chi connectivity index (χ3v) is 17.2. The van der Waals surface area contributed by atoms with Crippen molar-refractivity contribution in [3.63, 3.8) is 0 Å². The molecule has 0 amide bonds. The predicted molar refractivity (Wildman–Crippen MR) is 322 cm³/mol. The monoisotopic (exact) mass is 1020 g/mol. The second-order valence-corrected chi connectivity index (χ2v) is 21.6. The van der Waals surface area contributed by atoms with Gasteiger partial charge in [0.1, 0.15) is 22.3 Å². The summed E-state index contributed by atoms with van der Waals surface area (Å²) < 4.78 is 18.1.